The fraction of sp³-hybridized carbons (Fsp3) is 0.0952. The van der Waals surface area contributed by atoms with Gasteiger partial charge in [0.2, 0.25) is 5.91 Å². The monoisotopic (exact) mass is 317 g/mol. The van der Waals surface area contributed by atoms with Crippen molar-refractivity contribution in [2.24, 2.45) is 0 Å². The van der Waals surface area contributed by atoms with Crippen LogP contribution in [-0.2, 0) is 11.2 Å². The fourth-order valence-electron chi connectivity index (χ4n) is 2.34. The van der Waals surface area contributed by atoms with E-state index in [4.69, 9.17) is 4.74 Å². The number of benzene rings is 3. The third-order valence-electron chi connectivity index (χ3n) is 3.60. The predicted molar refractivity (Wildman–Crippen MR) is 96.5 cm³/mol. The molecule has 3 aromatic rings. The van der Waals surface area contributed by atoms with Crippen LogP contribution in [0.15, 0.2) is 78.9 Å². The van der Waals surface area contributed by atoms with Crippen LogP contribution in [-0.4, -0.2) is 5.91 Å². The zero-order valence-corrected chi connectivity index (χ0v) is 13.5. The lowest BCUT2D eigenvalue weighted by molar-refractivity contribution is -0.115. The largest absolute Gasteiger partial charge is 0.457 e. The van der Waals surface area contributed by atoms with Crippen molar-refractivity contribution in [3.63, 3.8) is 0 Å². The second-order valence-electron chi connectivity index (χ2n) is 5.65. The van der Waals surface area contributed by atoms with E-state index in [0.29, 0.717) is 6.42 Å². The maximum Gasteiger partial charge on any atom is 0.228 e. The molecule has 0 bridgehead atoms. The highest BCUT2D eigenvalue weighted by atomic mass is 16.5. The Balaban J connectivity index is 1.58. The molecule has 0 fully saturated rings. The second-order valence-corrected chi connectivity index (χ2v) is 5.65. The van der Waals surface area contributed by atoms with Crippen molar-refractivity contribution in [1.29, 1.82) is 0 Å². The molecular weight excluding hydrogens is 298 g/mol. The van der Waals surface area contributed by atoms with Crippen LogP contribution in [0.3, 0.4) is 0 Å². The van der Waals surface area contributed by atoms with Crippen molar-refractivity contribution in [2.75, 3.05) is 5.32 Å². The van der Waals surface area contributed by atoms with E-state index in [0.717, 1.165) is 22.7 Å². The number of amides is 1. The van der Waals surface area contributed by atoms with Gasteiger partial charge in [-0.25, -0.2) is 0 Å². The Hall–Kier alpha value is -3.07. The first kappa shape index (κ1) is 15.8. The zero-order valence-electron chi connectivity index (χ0n) is 13.5. The standard InChI is InChI=1S/C21H19NO2/c1-16-7-11-19(12-8-16)24-20-13-9-18(10-14-20)22-21(23)15-17-5-3-2-4-6-17/h2-14H,15H2,1H3,(H,22,23). The molecule has 1 N–H and O–H groups in total. The van der Waals surface area contributed by atoms with Crippen LogP contribution in [0.1, 0.15) is 11.1 Å². The summed E-state index contributed by atoms with van der Waals surface area (Å²) < 4.78 is 5.78. The molecule has 0 aliphatic heterocycles. The molecule has 0 atom stereocenters. The summed E-state index contributed by atoms with van der Waals surface area (Å²) in [6.07, 6.45) is 0.364. The quantitative estimate of drug-likeness (QED) is 0.721. The van der Waals surface area contributed by atoms with Crippen LogP contribution in [0.5, 0.6) is 11.5 Å². The number of carbonyl (C=O) groups excluding carboxylic acids is 1. The van der Waals surface area contributed by atoms with E-state index in [9.17, 15) is 4.79 Å². The first-order valence-electron chi connectivity index (χ1n) is 7.87. The smallest absolute Gasteiger partial charge is 0.228 e. The topological polar surface area (TPSA) is 38.3 Å². The van der Waals surface area contributed by atoms with E-state index in [2.05, 4.69) is 5.32 Å². The Morgan fingerprint density at radius 1 is 0.833 bits per heavy atom. The average molecular weight is 317 g/mol. The number of ether oxygens (including phenoxy) is 1. The highest BCUT2D eigenvalue weighted by Crippen LogP contribution is 2.23. The molecule has 0 aliphatic rings. The van der Waals surface area contributed by atoms with Gasteiger partial charge in [0.15, 0.2) is 0 Å². The van der Waals surface area contributed by atoms with E-state index >= 15 is 0 Å². The molecule has 120 valence electrons. The second kappa shape index (κ2) is 7.47. The van der Waals surface area contributed by atoms with Gasteiger partial charge in [-0.1, -0.05) is 48.0 Å². The Morgan fingerprint density at radius 3 is 2.04 bits per heavy atom. The summed E-state index contributed by atoms with van der Waals surface area (Å²) in [5.41, 5.74) is 2.94. The van der Waals surface area contributed by atoms with E-state index in [1.165, 1.54) is 5.56 Å². The SMILES string of the molecule is Cc1ccc(Oc2ccc(NC(=O)Cc3ccccc3)cc2)cc1. The summed E-state index contributed by atoms with van der Waals surface area (Å²) in [6.45, 7) is 2.04. The summed E-state index contributed by atoms with van der Waals surface area (Å²) in [4.78, 5) is 12.0. The van der Waals surface area contributed by atoms with Crippen LogP contribution >= 0.6 is 0 Å². The summed E-state index contributed by atoms with van der Waals surface area (Å²) >= 11 is 0. The minimum atomic E-state index is -0.0339. The summed E-state index contributed by atoms with van der Waals surface area (Å²) in [5, 5.41) is 2.89. The van der Waals surface area contributed by atoms with Crippen molar-refractivity contribution in [3.05, 3.63) is 90.0 Å². The number of rotatable bonds is 5. The van der Waals surface area contributed by atoms with Crippen LogP contribution in [0.4, 0.5) is 5.69 Å². The Kier molecular flexibility index (Phi) is 4.92. The predicted octanol–water partition coefficient (Wildman–Crippen LogP) is 4.97. The van der Waals surface area contributed by atoms with Gasteiger partial charge in [0.25, 0.3) is 0 Å². The van der Waals surface area contributed by atoms with Gasteiger partial charge in [0, 0.05) is 5.69 Å². The third kappa shape index (κ3) is 4.46. The number of hydrogen-bond donors (Lipinski definition) is 1. The number of hydrogen-bond acceptors (Lipinski definition) is 2. The van der Waals surface area contributed by atoms with Gasteiger partial charge in [-0.2, -0.15) is 0 Å². The molecule has 0 saturated carbocycles. The Morgan fingerprint density at radius 2 is 1.42 bits per heavy atom. The third-order valence-corrected chi connectivity index (χ3v) is 3.60. The molecule has 0 radical (unpaired) electrons. The van der Waals surface area contributed by atoms with Gasteiger partial charge in [-0.05, 0) is 48.9 Å². The molecule has 0 unspecified atom stereocenters. The molecule has 24 heavy (non-hydrogen) atoms. The maximum absolute atomic E-state index is 12.0. The molecule has 0 spiro atoms. The average Bonchev–Trinajstić information content (AvgIpc) is 2.59. The zero-order chi connectivity index (χ0) is 16.8. The lowest BCUT2D eigenvalue weighted by Crippen LogP contribution is -2.14. The van der Waals surface area contributed by atoms with Crippen molar-refractivity contribution >= 4 is 11.6 Å². The maximum atomic E-state index is 12.0. The van der Waals surface area contributed by atoms with Crippen molar-refractivity contribution in [2.45, 2.75) is 13.3 Å². The minimum absolute atomic E-state index is 0.0339. The molecule has 0 saturated heterocycles. The van der Waals surface area contributed by atoms with Gasteiger partial charge < -0.3 is 10.1 Å². The lowest BCUT2D eigenvalue weighted by atomic mass is 10.1. The molecular formula is C21H19NO2. The van der Waals surface area contributed by atoms with E-state index in [1.54, 1.807) is 0 Å². The Bertz CT molecular complexity index is 794. The molecule has 3 nitrogen and oxygen atoms in total. The molecule has 3 rings (SSSR count). The molecule has 3 heteroatoms. The number of carbonyl (C=O) groups is 1. The summed E-state index contributed by atoms with van der Waals surface area (Å²) in [7, 11) is 0. The van der Waals surface area contributed by atoms with E-state index in [1.807, 2.05) is 85.8 Å². The number of aryl methyl sites for hydroxylation is 1. The summed E-state index contributed by atoms with van der Waals surface area (Å²) in [6, 6.07) is 24.9. The van der Waals surface area contributed by atoms with Gasteiger partial charge in [-0.15, -0.1) is 0 Å². The van der Waals surface area contributed by atoms with Crippen molar-refractivity contribution < 1.29 is 9.53 Å². The van der Waals surface area contributed by atoms with E-state index in [-0.39, 0.29) is 5.91 Å². The lowest BCUT2D eigenvalue weighted by Gasteiger charge is -2.08. The van der Waals surface area contributed by atoms with Gasteiger partial charge in [0.1, 0.15) is 11.5 Å². The first-order chi connectivity index (χ1) is 11.7. The van der Waals surface area contributed by atoms with Crippen LogP contribution in [0, 0.1) is 6.92 Å². The highest BCUT2D eigenvalue weighted by Gasteiger charge is 2.04. The molecule has 0 heterocycles. The molecule has 0 aliphatic carbocycles. The molecule has 3 aromatic carbocycles. The van der Waals surface area contributed by atoms with Crippen LogP contribution in [0.2, 0.25) is 0 Å². The Labute approximate surface area is 141 Å². The van der Waals surface area contributed by atoms with Crippen LogP contribution in [0.25, 0.3) is 0 Å². The summed E-state index contributed by atoms with van der Waals surface area (Å²) in [5.74, 6) is 1.50. The van der Waals surface area contributed by atoms with Crippen molar-refractivity contribution in [1.82, 2.24) is 0 Å². The number of anilines is 1. The highest BCUT2D eigenvalue weighted by molar-refractivity contribution is 5.92. The van der Waals surface area contributed by atoms with Crippen LogP contribution < -0.4 is 10.1 Å². The molecule has 0 aromatic heterocycles. The fourth-order valence-corrected chi connectivity index (χ4v) is 2.34. The van der Waals surface area contributed by atoms with E-state index < -0.39 is 0 Å². The minimum Gasteiger partial charge on any atom is -0.457 e. The van der Waals surface area contributed by atoms with Gasteiger partial charge >= 0.3 is 0 Å². The van der Waals surface area contributed by atoms with Gasteiger partial charge in [0.05, 0.1) is 6.42 Å². The van der Waals surface area contributed by atoms with Crippen molar-refractivity contribution in [3.8, 4) is 11.5 Å². The van der Waals surface area contributed by atoms with Gasteiger partial charge in [-0.3, -0.25) is 4.79 Å². The number of nitrogens with one attached hydrogen (secondary N) is 1. The normalized spacial score (nSPS) is 10.2. The first-order valence-corrected chi connectivity index (χ1v) is 7.87. The molecule has 1 amide bonds.